The molecule has 0 amide bonds. The number of ether oxygens (including phenoxy) is 2. The average Bonchev–Trinajstić information content (AvgIpc) is 3.85. The second kappa shape index (κ2) is 24.8. The number of carboxylic acid groups (broad SMARTS) is 2. The maximum Gasteiger partial charge on any atom is 1.00 e. The van der Waals surface area contributed by atoms with Crippen LogP contribution in [-0.2, 0) is 28.7 Å². The van der Waals surface area contributed by atoms with E-state index in [9.17, 15) is 49.8 Å². The standard InChI is InChI=1S/C58H94O12.2Na/c1-33(15-21-49(63)64)39-17-19-41-53-43(31-47(61)57(39,41)5)55(3)25-23-37(27-35(55)29-45(53)59)69-51(67)13-11-9-7-8-10-12-14-52(68)70-38-24-26-56(4)36(28-38)30-46(60)54-42-20-18-40(34(2)16-22-50(65)66)58(42,6)48(62)32-44(54)56;;/h33-48,53-54,59-62H,7-32H2,1-6H3,(H,63,64)(H,65,66);;/q;2*+1/p-2/t33-,34-,35+,36+,37-,38-,39-,40-,41+,42+,43+,44+,45-,46-,47+,48+,53+,54+,55+,56+,57-,58-;;/m1../s1. The summed E-state index contributed by atoms with van der Waals surface area (Å²) in [5, 5.41) is 69.9. The molecule has 0 saturated heterocycles. The van der Waals surface area contributed by atoms with Gasteiger partial charge in [-0.25, -0.2) is 0 Å². The molecular formula is C58H92Na2O12. The number of esters is 2. The van der Waals surface area contributed by atoms with Crippen molar-refractivity contribution in [3.05, 3.63) is 0 Å². The van der Waals surface area contributed by atoms with Crippen LogP contribution >= 0.6 is 0 Å². The van der Waals surface area contributed by atoms with Crippen LogP contribution in [0.4, 0.5) is 0 Å². The number of carbonyl (C=O) groups excluding carboxylic acids is 4. The number of carbonyl (C=O) groups is 4. The van der Waals surface area contributed by atoms with Crippen LogP contribution in [0.5, 0.6) is 0 Å². The first-order valence-electron chi connectivity index (χ1n) is 28.6. The van der Waals surface area contributed by atoms with E-state index in [4.69, 9.17) is 9.47 Å². The molecule has 8 aliphatic carbocycles. The van der Waals surface area contributed by atoms with E-state index in [1.165, 1.54) is 0 Å². The fourth-order valence-electron chi connectivity index (χ4n) is 19.3. The summed E-state index contributed by atoms with van der Waals surface area (Å²) < 4.78 is 12.2. The van der Waals surface area contributed by atoms with E-state index in [-0.39, 0.29) is 189 Å². The zero-order valence-corrected chi connectivity index (χ0v) is 49.8. The fraction of sp³-hybridized carbons (Fsp3) is 0.931. The van der Waals surface area contributed by atoms with Crippen molar-refractivity contribution in [2.45, 2.75) is 245 Å². The topological polar surface area (TPSA) is 214 Å². The summed E-state index contributed by atoms with van der Waals surface area (Å²) in [6.45, 7) is 13.3. The molecule has 0 aromatic rings. The third-order valence-corrected chi connectivity index (χ3v) is 23.2. The molecule has 8 rings (SSSR count). The predicted octanol–water partition coefficient (Wildman–Crippen LogP) is 1.47. The molecule has 0 unspecified atom stereocenters. The van der Waals surface area contributed by atoms with Crippen LogP contribution in [0.1, 0.15) is 208 Å². The first-order chi connectivity index (χ1) is 33.1. The molecule has 8 saturated carbocycles. The van der Waals surface area contributed by atoms with Gasteiger partial charge in [-0.1, -0.05) is 67.2 Å². The van der Waals surface area contributed by atoms with E-state index < -0.39 is 36.4 Å². The molecule has 8 fully saturated rings. The molecule has 0 radical (unpaired) electrons. The molecule has 398 valence electrons. The number of aliphatic hydroxyl groups is 4. The minimum Gasteiger partial charge on any atom is -0.550 e. The van der Waals surface area contributed by atoms with Gasteiger partial charge in [-0.05, 0) is 221 Å². The summed E-state index contributed by atoms with van der Waals surface area (Å²) >= 11 is 0. The second-order valence-electron chi connectivity index (χ2n) is 26.4. The Morgan fingerprint density at radius 2 is 0.861 bits per heavy atom. The molecule has 14 heteroatoms. The number of unbranched alkanes of at least 4 members (excludes halogenated alkanes) is 5. The number of aliphatic carboxylic acids is 2. The van der Waals surface area contributed by atoms with Gasteiger partial charge in [-0.2, -0.15) is 0 Å². The van der Waals surface area contributed by atoms with Gasteiger partial charge in [0.25, 0.3) is 0 Å². The molecule has 0 aliphatic heterocycles. The Bertz CT molecular complexity index is 1740. The van der Waals surface area contributed by atoms with Crippen LogP contribution < -0.4 is 69.3 Å². The number of aliphatic hydroxyl groups excluding tert-OH is 4. The number of fused-ring (bicyclic) bond motifs is 10. The van der Waals surface area contributed by atoms with Crippen molar-refractivity contribution in [1.82, 2.24) is 0 Å². The van der Waals surface area contributed by atoms with E-state index in [1.54, 1.807) is 0 Å². The Morgan fingerprint density at radius 3 is 1.22 bits per heavy atom. The maximum atomic E-state index is 13.1. The van der Waals surface area contributed by atoms with Gasteiger partial charge in [0.2, 0.25) is 0 Å². The van der Waals surface area contributed by atoms with E-state index in [0.717, 1.165) is 103 Å². The van der Waals surface area contributed by atoms with Crippen molar-refractivity contribution >= 4 is 23.9 Å². The van der Waals surface area contributed by atoms with Crippen LogP contribution in [0.2, 0.25) is 0 Å². The van der Waals surface area contributed by atoms with Gasteiger partial charge in [-0.15, -0.1) is 0 Å². The van der Waals surface area contributed by atoms with Crippen LogP contribution in [0.15, 0.2) is 0 Å². The summed E-state index contributed by atoms with van der Waals surface area (Å²) in [4.78, 5) is 48.6. The molecule has 4 N–H and O–H groups in total. The van der Waals surface area contributed by atoms with Gasteiger partial charge in [0, 0.05) is 24.8 Å². The zero-order chi connectivity index (χ0) is 50.5. The van der Waals surface area contributed by atoms with E-state index in [1.807, 2.05) is 0 Å². The van der Waals surface area contributed by atoms with E-state index in [2.05, 4.69) is 41.5 Å². The fourth-order valence-corrected chi connectivity index (χ4v) is 19.3. The normalized spacial score (nSPS) is 44.6. The number of hydrogen-bond acceptors (Lipinski definition) is 12. The van der Waals surface area contributed by atoms with Gasteiger partial charge < -0.3 is 49.7 Å². The Hall–Kier alpha value is -0.280. The van der Waals surface area contributed by atoms with Crippen LogP contribution in [0.3, 0.4) is 0 Å². The molecule has 0 bridgehead atoms. The van der Waals surface area contributed by atoms with Crippen LogP contribution in [-0.4, -0.2) is 80.9 Å². The Kier molecular flexibility index (Phi) is 21.0. The van der Waals surface area contributed by atoms with E-state index in [0.29, 0.717) is 51.4 Å². The number of hydrogen-bond donors (Lipinski definition) is 4. The molecule has 12 nitrogen and oxygen atoms in total. The molecule has 72 heavy (non-hydrogen) atoms. The molecule has 0 aromatic carbocycles. The van der Waals surface area contributed by atoms with Crippen molar-refractivity contribution in [3.8, 4) is 0 Å². The Balaban J connectivity index is 0.00000423. The summed E-state index contributed by atoms with van der Waals surface area (Å²) in [5.41, 5.74) is -0.759. The largest absolute Gasteiger partial charge is 1.00 e. The summed E-state index contributed by atoms with van der Waals surface area (Å²) in [6, 6.07) is 0. The van der Waals surface area contributed by atoms with Crippen molar-refractivity contribution in [2.75, 3.05) is 0 Å². The maximum absolute atomic E-state index is 13.1. The predicted molar refractivity (Wildman–Crippen MR) is 259 cm³/mol. The number of carboxylic acids is 2. The molecule has 8 aliphatic rings. The molecular weight excluding hydrogens is 935 g/mol. The second-order valence-corrected chi connectivity index (χ2v) is 26.4. The van der Waals surface area contributed by atoms with Gasteiger partial charge >= 0.3 is 71.1 Å². The smallest absolute Gasteiger partial charge is 0.550 e. The SMILES string of the molecule is C[C@H](CCC(=O)[O-])[C@H]1CC[C@H]2[C@@H]3[C@H](O)C[C@@H]4C[C@H](OC(=O)CCCCCCCCC(=O)O[C@@H]5CC[C@@]6(C)[C@@H](C5)C[C@@H](O)[C@@H]5[C@@H]6C[C@H](O)[C@]6(C)[C@@H]([C@H](C)CCC(=O)[O-])CC[C@@H]56)CC[C@]4(C)[C@H]3C[C@H](O)[C@]12C.[Na+].[Na+]. The summed E-state index contributed by atoms with van der Waals surface area (Å²) in [7, 11) is 0. The molecule has 0 aromatic heterocycles. The minimum atomic E-state index is -1.02. The molecule has 0 heterocycles. The summed E-state index contributed by atoms with van der Waals surface area (Å²) in [5.74, 6) is -0.100. The van der Waals surface area contributed by atoms with Crippen molar-refractivity contribution in [3.63, 3.8) is 0 Å². The van der Waals surface area contributed by atoms with Gasteiger partial charge in [0.05, 0.1) is 24.4 Å². The van der Waals surface area contributed by atoms with Gasteiger partial charge in [0.1, 0.15) is 12.2 Å². The number of rotatable bonds is 19. The first-order valence-corrected chi connectivity index (χ1v) is 28.6. The van der Waals surface area contributed by atoms with Crippen molar-refractivity contribution in [1.29, 1.82) is 0 Å². The van der Waals surface area contributed by atoms with Crippen LogP contribution in [0, 0.1) is 92.7 Å². The van der Waals surface area contributed by atoms with Crippen molar-refractivity contribution in [2.24, 2.45) is 92.7 Å². The molecule has 0 spiro atoms. The Morgan fingerprint density at radius 1 is 0.500 bits per heavy atom. The minimum absolute atomic E-state index is 0. The van der Waals surface area contributed by atoms with Crippen molar-refractivity contribution < 1.29 is 118 Å². The average molecular weight is 1030 g/mol. The third-order valence-electron chi connectivity index (χ3n) is 23.2. The monoisotopic (exact) mass is 1030 g/mol. The third kappa shape index (κ3) is 11.8. The zero-order valence-electron chi connectivity index (χ0n) is 45.8. The van der Waals surface area contributed by atoms with Gasteiger partial charge in [-0.3, -0.25) is 9.59 Å². The van der Waals surface area contributed by atoms with Gasteiger partial charge in [0.15, 0.2) is 0 Å². The quantitative estimate of drug-likeness (QED) is 0.0824. The van der Waals surface area contributed by atoms with E-state index >= 15 is 0 Å². The molecule has 22 atom stereocenters. The Labute approximate surface area is 476 Å². The van der Waals surface area contributed by atoms with Crippen LogP contribution in [0.25, 0.3) is 0 Å². The summed E-state index contributed by atoms with van der Waals surface area (Å²) in [6.07, 6.45) is 16.5. The first kappa shape index (κ1) is 60.9.